The molecular weight excluding hydrogens is 376 g/mol. The van der Waals surface area contributed by atoms with Crippen molar-refractivity contribution in [1.29, 1.82) is 0 Å². The number of rotatable bonds is 7. The highest BCUT2D eigenvalue weighted by atomic mass is 16.6. The number of carbonyl (C=O) groups excluding carboxylic acids is 2. The minimum Gasteiger partial charge on any atom is -0.454 e. The molecule has 2 aromatic rings. The number of nitrogens with zero attached hydrogens (tertiary/aromatic N) is 2. The van der Waals surface area contributed by atoms with Crippen molar-refractivity contribution >= 4 is 23.1 Å². The van der Waals surface area contributed by atoms with Crippen LogP contribution in [-0.2, 0) is 15.9 Å². The molecule has 0 atom stereocenters. The van der Waals surface area contributed by atoms with Crippen LogP contribution in [0, 0.1) is 10.1 Å². The first-order valence-electron chi connectivity index (χ1n) is 9.40. The molecule has 8 heteroatoms. The Bertz CT molecular complexity index is 904. The minimum absolute atomic E-state index is 0.0304. The number of hydrogen-bond acceptors (Lipinski definition) is 7. The molecule has 0 radical (unpaired) electrons. The molecule has 0 spiro atoms. The Balaban J connectivity index is 1.69. The molecule has 29 heavy (non-hydrogen) atoms. The Hall–Kier alpha value is -3.26. The van der Waals surface area contributed by atoms with Crippen molar-refractivity contribution in [3.05, 3.63) is 69.3 Å². The van der Waals surface area contributed by atoms with Crippen LogP contribution in [0.1, 0.15) is 33.2 Å². The molecule has 0 aliphatic carbocycles. The predicted octanol–water partition coefficient (Wildman–Crippen LogP) is 3.03. The molecular formula is C21H22N2O6. The molecule has 0 N–H and O–H groups in total. The number of ketones is 1. The fraction of sp³-hybridized carbons (Fsp3) is 0.333. The lowest BCUT2D eigenvalue weighted by atomic mass is 10.1. The van der Waals surface area contributed by atoms with Crippen molar-refractivity contribution < 1.29 is 24.0 Å². The van der Waals surface area contributed by atoms with Crippen LogP contribution < -0.4 is 4.90 Å². The van der Waals surface area contributed by atoms with Crippen LogP contribution in [0.4, 0.5) is 11.4 Å². The summed E-state index contributed by atoms with van der Waals surface area (Å²) in [6, 6.07) is 11.3. The van der Waals surface area contributed by atoms with E-state index in [0.717, 1.165) is 12.0 Å². The normalized spacial score (nSPS) is 13.8. The third-order valence-electron chi connectivity index (χ3n) is 4.78. The highest BCUT2D eigenvalue weighted by Crippen LogP contribution is 2.30. The summed E-state index contributed by atoms with van der Waals surface area (Å²) in [4.78, 5) is 37.3. The van der Waals surface area contributed by atoms with E-state index in [1.54, 1.807) is 12.1 Å². The fourth-order valence-corrected chi connectivity index (χ4v) is 3.09. The Labute approximate surface area is 168 Å². The largest absolute Gasteiger partial charge is 0.454 e. The van der Waals surface area contributed by atoms with Crippen LogP contribution >= 0.6 is 0 Å². The number of esters is 1. The summed E-state index contributed by atoms with van der Waals surface area (Å²) in [5.74, 6) is -1.11. The van der Waals surface area contributed by atoms with Gasteiger partial charge in [0, 0.05) is 24.7 Å². The molecule has 0 unspecified atom stereocenters. The summed E-state index contributed by atoms with van der Waals surface area (Å²) >= 11 is 0. The summed E-state index contributed by atoms with van der Waals surface area (Å²) < 4.78 is 10.3. The second-order valence-corrected chi connectivity index (χ2v) is 6.61. The van der Waals surface area contributed by atoms with Crippen molar-refractivity contribution in [3.8, 4) is 0 Å². The highest BCUT2D eigenvalue weighted by Gasteiger charge is 2.24. The number of carbonyl (C=O) groups is 2. The Morgan fingerprint density at radius 2 is 1.76 bits per heavy atom. The van der Waals surface area contributed by atoms with Gasteiger partial charge in [-0.05, 0) is 24.1 Å². The molecule has 0 aromatic heterocycles. The second-order valence-electron chi connectivity index (χ2n) is 6.61. The van der Waals surface area contributed by atoms with Crippen LogP contribution in [0.3, 0.4) is 0 Å². The quantitative estimate of drug-likeness (QED) is 0.306. The number of nitro benzene ring substituents is 1. The lowest BCUT2D eigenvalue weighted by Crippen LogP contribution is -2.36. The third kappa shape index (κ3) is 4.97. The van der Waals surface area contributed by atoms with Crippen LogP contribution in [0.25, 0.3) is 0 Å². The van der Waals surface area contributed by atoms with E-state index in [4.69, 9.17) is 9.47 Å². The van der Waals surface area contributed by atoms with E-state index in [2.05, 4.69) is 0 Å². The minimum atomic E-state index is -0.778. The number of anilines is 1. The summed E-state index contributed by atoms with van der Waals surface area (Å²) in [5.41, 5.74) is 1.84. The smallest absolute Gasteiger partial charge is 0.338 e. The Kier molecular flexibility index (Phi) is 6.56. The van der Waals surface area contributed by atoms with Gasteiger partial charge < -0.3 is 14.4 Å². The third-order valence-corrected chi connectivity index (χ3v) is 4.78. The van der Waals surface area contributed by atoms with Crippen molar-refractivity contribution in [2.75, 3.05) is 37.8 Å². The first-order valence-corrected chi connectivity index (χ1v) is 9.40. The van der Waals surface area contributed by atoms with Crippen LogP contribution in [-0.4, -0.2) is 49.6 Å². The van der Waals surface area contributed by atoms with Gasteiger partial charge in [0.15, 0.2) is 12.4 Å². The van der Waals surface area contributed by atoms with Gasteiger partial charge >= 0.3 is 5.97 Å². The molecule has 152 valence electrons. The topological polar surface area (TPSA) is 99.0 Å². The van der Waals surface area contributed by atoms with Gasteiger partial charge in [-0.1, -0.05) is 31.2 Å². The molecule has 0 bridgehead atoms. The van der Waals surface area contributed by atoms with Crippen molar-refractivity contribution in [2.24, 2.45) is 0 Å². The first kappa shape index (κ1) is 20.5. The molecule has 2 aromatic carbocycles. The second kappa shape index (κ2) is 9.29. The Morgan fingerprint density at radius 3 is 2.38 bits per heavy atom. The van der Waals surface area contributed by atoms with E-state index in [9.17, 15) is 19.7 Å². The maximum atomic E-state index is 12.3. The van der Waals surface area contributed by atoms with Crippen LogP contribution in [0.5, 0.6) is 0 Å². The highest BCUT2D eigenvalue weighted by molar-refractivity contribution is 5.99. The van der Waals surface area contributed by atoms with E-state index >= 15 is 0 Å². The van der Waals surface area contributed by atoms with Crippen LogP contribution in [0.15, 0.2) is 42.5 Å². The molecule has 8 nitrogen and oxygen atoms in total. The standard InChI is InChI=1S/C21H22N2O6/c1-2-15-3-5-16(6-4-15)20(24)14-29-21(25)17-7-8-18(19(13-17)23(26)27)22-9-11-28-12-10-22/h3-8,13H,2,9-12,14H2,1H3. The molecule has 1 aliphatic rings. The number of nitro groups is 1. The molecule has 1 fully saturated rings. The van der Waals surface area contributed by atoms with Crippen LogP contribution in [0.2, 0.25) is 0 Å². The zero-order chi connectivity index (χ0) is 20.8. The van der Waals surface area contributed by atoms with Gasteiger partial charge in [0.2, 0.25) is 0 Å². The van der Waals surface area contributed by atoms with Gasteiger partial charge in [-0.3, -0.25) is 14.9 Å². The molecule has 1 aliphatic heterocycles. The molecule has 0 amide bonds. The summed E-state index contributed by atoms with van der Waals surface area (Å²) in [7, 11) is 0. The summed E-state index contributed by atoms with van der Waals surface area (Å²) in [6.45, 7) is 3.64. The lowest BCUT2D eigenvalue weighted by Gasteiger charge is -2.28. The number of hydrogen-bond donors (Lipinski definition) is 0. The van der Waals surface area contributed by atoms with E-state index in [-0.39, 0.29) is 17.0 Å². The maximum Gasteiger partial charge on any atom is 0.338 e. The van der Waals surface area contributed by atoms with E-state index in [0.29, 0.717) is 37.6 Å². The number of ether oxygens (including phenoxy) is 2. The number of benzene rings is 2. The average molecular weight is 398 g/mol. The number of Topliss-reactive ketones (excluding diaryl/α,β-unsaturated/α-hetero) is 1. The molecule has 1 heterocycles. The zero-order valence-electron chi connectivity index (χ0n) is 16.1. The summed E-state index contributed by atoms with van der Waals surface area (Å²) in [6.07, 6.45) is 0.864. The van der Waals surface area contributed by atoms with Gasteiger partial charge in [0.1, 0.15) is 5.69 Å². The van der Waals surface area contributed by atoms with Gasteiger partial charge in [-0.2, -0.15) is 0 Å². The van der Waals surface area contributed by atoms with Crippen molar-refractivity contribution in [2.45, 2.75) is 13.3 Å². The predicted molar refractivity (Wildman–Crippen MR) is 107 cm³/mol. The van der Waals surface area contributed by atoms with E-state index in [1.807, 2.05) is 24.0 Å². The average Bonchev–Trinajstić information content (AvgIpc) is 2.77. The van der Waals surface area contributed by atoms with E-state index in [1.165, 1.54) is 18.2 Å². The van der Waals surface area contributed by atoms with Gasteiger partial charge in [-0.25, -0.2) is 4.79 Å². The summed E-state index contributed by atoms with van der Waals surface area (Å²) in [5, 5.41) is 11.5. The zero-order valence-corrected chi connectivity index (χ0v) is 16.1. The lowest BCUT2D eigenvalue weighted by molar-refractivity contribution is -0.384. The van der Waals surface area contributed by atoms with Gasteiger partial charge in [0.25, 0.3) is 5.69 Å². The molecule has 1 saturated heterocycles. The Morgan fingerprint density at radius 1 is 1.10 bits per heavy atom. The molecule has 0 saturated carbocycles. The van der Waals surface area contributed by atoms with Gasteiger partial charge in [0.05, 0.1) is 23.7 Å². The van der Waals surface area contributed by atoms with Crippen molar-refractivity contribution in [1.82, 2.24) is 0 Å². The number of aryl methyl sites for hydroxylation is 1. The number of morpholine rings is 1. The maximum absolute atomic E-state index is 12.3. The van der Waals surface area contributed by atoms with Gasteiger partial charge in [-0.15, -0.1) is 0 Å². The molecule has 3 rings (SSSR count). The first-order chi connectivity index (χ1) is 14.0. The van der Waals surface area contributed by atoms with E-state index < -0.39 is 17.5 Å². The fourth-order valence-electron chi connectivity index (χ4n) is 3.09. The monoisotopic (exact) mass is 398 g/mol. The van der Waals surface area contributed by atoms with Crippen molar-refractivity contribution in [3.63, 3.8) is 0 Å². The SMILES string of the molecule is CCc1ccc(C(=O)COC(=O)c2ccc(N3CCOCC3)c([N+](=O)[O-])c2)cc1.